The van der Waals surface area contributed by atoms with Crippen LogP contribution in [-0.4, -0.2) is 59.2 Å². The SMILES string of the molecule is COC(=O)[C@@H]1[C@@H]2CC[C@H]1CN(c1ncc(-c3cn4c5c(nc4cc3F)[C@H](OC)C[C@@H]5c3ccccc3OC(F)F)cn1)C2. The van der Waals surface area contributed by atoms with Crippen molar-refractivity contribution in [2.45, 2.75) is 37.9 Å². The van der Waals surface area contributed by atoms with Gasteiger partial charge in [-0.2, -0.15) is 8.78 Å². The molecule has 4 aromatic rings. The lowest BCUT2D eigenvalue weighted by atomic mass is 9.85. The second-order valence-corrected chi connectivity index (χ2v) is 11.4. The Bertz CT molecular complexity index is 1670. The van der Waals surface area contributed by atoms with Gasteiger partial charge < -0.3 is 23.5 Å². The average molecular weight is 594 g/mol. The standard InChI is InChI=1S/C31H30F3N5O4/c1-41-24-9-20(19-5-3-4-6-23(19)43-30(33)34)28-27(24)37-25-10-22(32)21(15-39(25)28)18-11-35-31(36-12-18)38-13-16-7-8-17(14-38)26(16)29(40)42-2/h3-6,10-12,15-17,20,24,26,30H,7-9,13-14H2,1-2H3/t16-,17+,20-,24-,26-/m1/s1. The molecule has 1 saturated carbocycles. The summed E-state index contributed by atoms with van der Waals surface area (Å²) in [7, 11) is 3.00. The lowest BCUT2D eigenvalue weighted by Gasteiger charge is -2.36. The molecular formula is C31H30F3N5O4. The number of methoxy groups -OCH3 is 2. The number of hydrogen-bond donors (Lipinski definition) is 0. The molecule has 5 atom stereocenters. The minimum absolute atomic E-state index is 0.0792. The maximum Gasteiger partial charge on any atom is 0.387 e. The van der Waals surface area contributed by atoms with E-state index in [0.29, 0.717) is 47.9 Å². The summed E-state index contributed by atoms with van der Waals surface area (Å²) in [6.07, 6.45) is 6.84. The van der Waals surface area contributed by atoms with Gasteiger partial charge in [-0.3, -0.25) is 4.79 Å². The van der Waals surface area contributed by atoms with E-state index in [0.717, 1.165) is 18.5 Å². The number of pyridine rings is 1. The number of anilines is 1. The highest BCUT2D eigenvalue weighted by Crippen LogP contribution is 2.48. The molecule has 43 heavy (non-hydrogen) atoms. The van der Waals surface area contributed by atoms with Crippen molar-refractivity contribution in [3.05, 3.63) is 71.7 Å². The maximum atomic E-state index is 15.5. The van der Waals surface area contributed by atoms with E-state index < -0.39 is 18.5 Å². The summed E-state index contributed by atoms with van der Waals surface area (Å²) in [4.78, 5) is 28.2. The number of halogens is 3. The van der Waals surface area contributed by atoms with Gasteiger partial charge in [-0.25, -0.2) is 19.3 Å². The molecule has 2 bridgehead atoms. The third-order valence-electron chi connectivity index (χ3n) is 9.19. The van der Waals surface area contributed by atoms with Crippen molar-refractivity contribution in [3.63, 3.8) is 0 Å². The van der Waals surface area contributed by atoms with E-state index in [1.165, 1.54) is 19.2 Å². The summed E-state index contributed by atoms with van der Waals surface area (Å²) in [5, 5.41) is 0. The predicted octanol–water partition coefficient (Wildman–Crippen LogP) is 5.39. The number of rotatable bonds is 7. The molecule has 224 valence electrons. The third kappa shape index (κ3) is 4.68. The molecule has 3 aliphatic rings. The zero-order valence-electron chi connectivity index (χ0n) is 23.6. The number of imidazole rings is 1. The first kappa shape index (κ1) is 27.6. The molecule has 2 aliphatic carbocycles. The topological polar surface area (TPSA) is 91.1 Å². The molecule has 0 amide bonds. The second kappa shape index (κ2) is 10.8. The van der Waals surface area contributed by atoms with E-state index in [1.54, 1.807) is 48.3 Å². The summed E-state index contributed by atoms with van der Waals surface area (Å²) in [5.41, 5.74) is 3.08. The van der Waals surface area contributed by atoms with Crippen molar-refractivity contribution in [2.24, 2.45) is 17.8 Å². The zero-order valence-corrected chi connectivity index (χ0v) is 23.6. The fraction of sp³-hybridized carbons (Fsp3) is 0.419. The van der Waals surface area contributed by atoms with Crippen molar-refractivity contribution in [2.75, 3.05) is 32.2 Å². The minimum atomic E-state index is -2.97. The van der Waals surface area contributed by atoms with Crippen LogP contribution in [0.4, 0.5) is 19.1 Å². The lowest BCUT2D eigenvalue weighted by Crippen LogP contribution is -2.45. The fourth-order valence-corrected chi connectivity index (χ4v) is 7.32. The van der Waals surface area contributed by atoms with Gasteiger partial charge in [-0.15, -0.1) is 0 Å². The van der Waals surface area contributed by atoms with E-state index in [1.807, 2.05) is 0 Å². The molecule has 3 aromatic heterocycles. The normalized spacial score (nSPS) is 24.5. The van der Waals surface area contributed by atoms with Crippen LogP contribution < -0.4 is 9.64 Å². The number of nitrogens with zero attached hydrogens (tertiary/aromatic N) is 5. The van der Waals surface area contributed by atoms with Crippen LogP contribution in [0.25, 0.3) is 16.8 Å². The molecule has 0 unspecified atom stereocenters. The van der Waals surface area contributed by atoms with Crippen LogP contribution >= 0.6 is 0 Å². The average Bonchev–Trinajstić information content (AvgIpc) is 3.63. The Balaban J connectivity index is 1.22. The molecule has 0 radical (unpaired) electrons. The van der Waals surface area contributed by atoms with Crippen LogP contribution in [0.1, 0.15) is 48.2 Å². The Morgan fingerprint density at radius 3 is 2.47 bits per heavy atom. The Morgan fingerprint density at radius 2 is 1.79 bits per heavy atom. The predicted molar refractivity (Wildman–Crippen MR) is 149 cm³/mol. The third-order valence-corrected chi connectivity index (χ3v) is 9.19. The Morgan fingerprint density at radius 1 is 1.07 bits per heavy atom. The number of aromatic nitrogens is 4. The molecule has 12 heteroatoms. The lowest BCUT2D eigenvalue weighted by molar-refractivity contribution is -0.148. The zero-order chi connectivity index (χ0) is 29.8. The summed E-state index contributed by atoms with van der Waals surface area (Å²) < 4.78 is 59.3. The first-order chi connectivity index (χ1) is 20.9. The molecule has 4 heterocycles. The number of hydrogen-bond acceptors (Lipinski definition) is 8. The van der Waals surface area contributed by atoms with Crippen molar-refractivity contribution in [1.82, 2.24) is 19.4 Å². The summed E-state index contributed by atoms with van der Waals surface area (Å²) in [6, 6.07) is 8.02. The van der Waals surface area contributed by atoms with Crippen LogP contribution in [0.2, 0.25) is 0 Å². The number of ether oxygens (including phenoxy) is 3. The van der Waals surface area contributed by atoms with E-state index in [-0.39, 0.29) is 41.0 Å². The van der Waals surface area contributed by atoms with Crippen LogP contribution in [0, 0.1) is 23.6 Å². The van der Waals surface area contributed by atoms with Gasteiger partial charge in [0.05, 0.1) is 24.4 Å². The number of alkyl halides is 2. The van der Waals surface area contributed by atoms with Gasteiger partial charge in [0, 0.05) is 67.5 Å². The smallest absolute Gasteiger partial charge is 0.387 e. The monoisotopic (exact) mass is 593 g/mol. The molecule has 7 rings (SSSR count). The van der Waals surface area contributed by atoms with Gasteiger partial charge in [0.25, 0.3) is 0 Å². The van der Waals surface area contributed by atoms with Crippen LogP contribution in [0.5, 0.6) is 5.75 Å². The highest BCUT2D eigenvalue weighted by molar-refractivity contribution is 5.74. The van der Waals surface area contributed by atoms with E-state index in [4.69, 9.17) is 14.2 Å². The second-order valence-electron chi connectivity index (χ2n) is 11.4. The molecule has 2 fully saturated rings. The van der Waals surface area contributed by atoms with Crippen LogP contribution in [-0.2, 0) is 14.3 Å². The number of carbonyl (C=O) groups is 1. The summed E-state index contributed by atoms with van der Waals surface area (Å²) in [5.74, 6) is -0.0988. The highest BCUT2D eigenvalue weighted by Gasteiger charge is 2.47. The summed E-state index contributed by atoms with van der Waals surface area (Å²) in [6.45, 7) is -1.65. The van der Waals surface area contributed by atoms with Crippen LogP contribution in [0.3, 0.4) is 0 Å². The Hall–Kier alpha value is -4.19. The summed E-state index contributed by atoms with van der Waals surface area (Å²) >= 11 is 0. The molecule has 1 aliphatic heterocycles. The van der Waals surface area contributed by atoms with Crippen molar-refractivity contribution in [1.29, 1.82) is 0 Å². The highest BCUT2D eigenvalue weighted by atomic mass is 19.3. The largest absolute Gasteiger partial charge is 0.469 e. The van der Waals surface area contributed by atoms with E-state index in [9.17, 15) is 13.6 Å². The van der Waals surface area contributed by atoms with Crippen LogP contribution in [0.15, 0.2) is 48.9 Å². The first-order valence-corrected chi connectivity index (χ1v) is 14.3. The minimum Gasteiger partial charge on any atom is -0.469 e. The van der Waals surface area contributed by atoms with E-state index >= 15 is 4.39 Å². The molecular weight excluding hydrogens is 563 g/mol. The van der Waals surface area contributed by atoms with Gasteiger partial charge >= 0.3 is 12.6 Å². The van der Waals surface area contributed by atoms with Gasteiger partial charge in [0.2, 0.25) is 5.95 Å². The van der Waals surface area contributed by atoms with Crippen molar-refractivity contribution < 1.29 is 32.2 Å². The molecule has 0 spiro atoms. The van der Waals surface area contributed by atoms with Crippen molar-refractivity contribution >= 4 is 17.6 Å². The van der Waals surface area contributed by atoms with Gasteiger partial charge in [-0.05, 0) is 37.2 Å². The molecule has 1 aromatic carbocycles. The number of carbonyl (C=O) groups excluding carboxylic acids is 1. The Labute approximate surface area is 245 Å². The maximum absolute atomic E-state index is 15.5. The number of para-hydroxylation sites is 1. The fourth-order valence-electron chi connectivity index (χ4n) is 7.32. The number of piperidine rings is 1. The number of benzene rings is 1. The first-order valence-electron chi connectivity index (χ1n) is 14.3. The molecule has 1 saturated heterocycles. The van der Waals surface area contributed by atoms with Gasteiger partial charge in [-0.1, -0.05) is 18.2 Å². The molecule has 9 nitrogen and oxygen atoms in total. The van der Waals surface area contributed by atoms with Gasteiger partial charge in [0.1, 0.15) is 23.3 Å². The number of fused-ring (bicyclic) bond motifs is 5. The van der Waals surface area contributed by atoms with Crippen molar-refractivity contribution in [3.8, 4) is 16.9 Å². The van der Waals surface area contributed by atoms with E-state index in [2.05, 4.69) is 19.9 Å². The Kier molecular flexibility index (Phi) is 6.95. The molecule has 0 N–H and O–H groups in total. The number of esters is 1. The van der Waals surface area contributed by atoms with Gasteiger partial charge in [0.15, 0.2) is 0 Å². The quantitative estimate of drug-likeness (QED) is 0.264.